The number of amides is 1. The van der Waals surface area contributed by atoms with Crippen LogP contribution in [0.3, 0.4) is 0 Å². The molecule has 2 atom stereocenters. The Morgan fingerprint density at radius 1 is 1.21 bits per heavy atom. The molecule has 1 fully saturated rings. The fourth-order valence-corrected chi connectivity index (χ4v) is 4.87. The van der Waals surface area contributed by atoms with Crippen LogP contribution in [0.25, 0.3) is 16.7 Å². The molecule has 1 heterocycles. The SMILES string of the molecule is COCC1CCCC2(C1)NC(=O)C(c1cc(-c3ccc(Cl)cc3)ccc1C)=C2O. The van der Waals surface area contributed by atoms with Crippen LogP contribution >= 0.6 is 11.6 Å². The molecule has 5 heteroatoms. The summed E-state index contributed by atoms with van der Waals surface area (Å²) in [4.78, 5) is 13.0. The van der Waals surface area contributed by atoms with Crippen molar-refractivity contribution in [2.45, 2.75) is 38.1 Å². The van der Waals surface area contributed by atoms with Crippen LogP contribution in [-0.2, 0) is 9.53 Å². The number of ether oxygens (including phenoxy) is 1. The number of halogens is 1. The molecule has 0 saturated heterocycles. The third kappa shape index (κ3) is 3.67. The van der Waals surface area contributed by atoms with Gasteiger partial charge in [0.15, 0.2) is 0 Å². The molecule has 2 aromatic rings. The summed E-state index contributed by atoms with van der Waals surface area (Å²) in [5.41, 5.74) is 3.46. The van der Waals surface area contributed by atoms with E-state index in [1.807, 2.05) is 49.4 Å². The largest absolute Gasteiger partial charge is 0.509 e. The number of carbonyl (C=O) groups is 1. The second-order valence-corrected chi connectivity index (χ2v) is 8.65. The highest BCUT2D eigenvalue weighted by molar-refractivity contribution is 6.30. The molecule has 152 valence electrons. The normalized spacial score (nSPS) is 24.2. The van der Waals surface area contributed by atoms with Crippen LogP contribution in [0.1, 0.15) is 36.8 Å². The first kappa shape index (κ1) is 20.0. The average Bonchev–Trinajstić information content (AvgIpc) is 2.93. The molecule has 2 aromatic carbocycles. The molecule has 2 unspecified atom stereocenters. The van der Waals surface area contributed by atoms with Gasteiger partial charge >= 0.3 is 0 Å². The highest BCUT2D eigenvalue weighted by atomic mass is 35.5. The number of aliphatic hydroxyl groups is 1. The van der Waals surface area contributed by atoms with Gasteiger partial charge in [-0.3, -0.25) is 4.79 Å². The smallest absolute Gasteiger partial charge is 0.256 e. The Morgan fingerprint density at radius 2 is 1.93 bits per heavy atom. The van der Waals surface area contributed by atoms with Crippen LogP contribution in [0.5, 0.6) is 0 Å². The maximum atomic E-state index is 13.0. The van der Waals surface area contributed by atoms with E-state index in [9.17, 15) is 9.90 Å². The van der Waals surface area contributed by atoms with E-state index in [1.165, 1.54) is 0 Å². The quantitative estimate of drug-likeness (QED) is 0.718. The average molecular weight is 412 g/mol. The number of methoxy groups -OCH3 is 1. The number of aliphatic hydroxyl groups excluding tert-OH is 1. The predicted molar refractivity (Wildman–Crippen MR) is 116 cm³/mol. The topological polar surface area (TPSA) is 58.6 Å². The molecule has 1 aliphatic heterocycles. The Balaban J connectivity index is 1.75. The van der Waals surface area contributed by atoms with Crippen molar-refractivity contribution in [3.8, 4) is 11.1 Å². The summed E-state index contributed by atoms with van der Waals surface area (Å²) in [7, 11) is 1.70. The fourth-order valence-electron chi connectivity index (χ4n) is 4.74. The van der Waals surface area contributed by atoms with Gasteiger partial charge in [0.25, 0.3) is 5.91 Å². The van der Waals surface area contributed by atoms with E-state index >= 15 is 0 Å². The Morgan fingerprint density at radius 3 is 2.66 bits per heavy atom. The van der Waals surface area contributed by atoms with Gasteiger partial charge in [0, 0.05) is 18.7 Å². The highest BCUT2D eigenvalue weighted by Gasteiger charge is 2.48. The molecule has 1 spiro atoms. The van der Waals surface area contributed by atoms with E-state index in [-0.39, 0.29) is 11.7 Å². The minimum absolute atomic E-state index is 0.180. The third-order valence-electron chi connectivity index (χ3n) is 6.21. The number of carbonyl (C=O) groups excluding carboxylic acids is 1. The highest BCUT2D eigenvalue weighted by Crippen LogP contribution is 2.44. The van der Waals surface area contributed by atoms with Crippen molar-refractivity contribution in [3.63, 3.8) is 0 Å². The zero-order valence-electron chi connectivity index (χ0n) is 16.8. The molecule has 0 bridgehead atoms. The molecule has 2 N–H and O–H groups in total. The minimum atomic E-state index is -0.670. The molecule has 1 aliphatic carbocycles. The molecular weight excluding hydrogens is 386 g/mol. The lowest BCUT2D eigenvalue weighted by molar-refractivity contribution is -0.116. The first-order valence-electron chi connectivity index (χ1n) is 10.1. The summed E-state index contributed by atoms with van der Waals surface area (Å²) in [5, 5.41) is 15.0. The van der Waals surface area contributed by atoms with Crippen molar-refractivity contribution in [1.82, 2.24) is 5.32 Å². The van der Waals surface area contributed by atoms with Gasteiger partial charge in [-0.05, 0) is 72.6 Å². The molecule has 2 aliphatic rings. The van der Waals surface area contributed by atoms with E-state index in [0.717, 1.165) is 41.5 Å². The zero-order valence-corrected chi connectivity index (χ0v) is 17.6. The Labute approximate surface area is 176 Å². The number of benzene rings is 2. The zero-order chi connectivity index (χ0) is 20.6. The summed E-state index contributed by atoms with van der Waals surface area (Å²) in [6.07, 6.45) is 3.47. The number of aryl methyl sites for hydroxylation is 1. The van der Waals surface area contributed by atoms with Gasteiger partial charge in [-0.2, -0.15) is 0 Å². The van der Waals surface area contributed by atoms with E-state index in [0.29, 0.717) is 29.5 Å². The summed E-state index contributed by atoms with van der Waals surface area (Å²) < 4.78 is 5.33. The van der Waals surface area contributed by atoms with Gasteiger partial charge in [0.1, 0.15) is 5.76 Å². The second kappa shape index (κ2) is 7.85. The Bertz CT molecular complexity index is 965. The lowest BCUT2D eigenvalue weighted by Gasteiger charge is -2.37. The van der Waals surface area contributed by atoms with Crippen LogP contribution in [0.2, 0.25) is 5.02 Å². The number of rotatable bonds is 4. The Kier molecular flexibility index (Phi) is 5.41. The van der Waals surface area contributed by atoms with Crippen LogP contribution < -0.4 is 5.32 Å². The molecule has 1 amide bonds. The molecule has 4 rings (SSSR count). The van der Waals surface area contributed by atoms with E-state index in [1.54, 1.807) is 7.11 Å². The standard InChI is InChI=1S/C24H26ClNO3/c1-15-5-6-18(17-7-9-19(25)10-8-17)12-20(15)21-22(27)24(26-23(21)28)11-3-4-16(13-24)14-29-2/h5-10,12,16,27H,3-4,11,13-14H2,1-2H3,(H,26,28). The van der Waals surface area contributed by atoms with Crippen LogP contribution in [0.4, 0.5) is 0 Å². The van der Waals surface area contributed by atoms with Gasteiger partial charge in [0.2, 0.25) is 0 Å². The molecule has 0 radical (unpaired) electrons. The van der Waals surface area contributed by atoms with Crippen molar-refractivity contribution >= 4 is 23.1 Å². The maximum Gasteiger partial charge on any atom is 0.256 e. The lowest BCUT2D eigenvalue weighted by Crippen LogP contribution is -2.48. The first-order valence-corrected chi connectivity index (χ1v) is 10.4. The van der Waals surface area contributed by atoms with Crippen LogP contribution in [-0.4, -0.2) is 30.3 Å². The van der Waals surface area contributed by atoms with Crippen molar-refractivity contribution in [3.05, 3.63) is 64.4 Å². The molecule has 29 heavy (non-hydrogen) atoms. The third-order valence-corrected chi connectivity index (χ3v) is 6.46. The lowest BCUT2D eigenvalue weighted by atomic mass is 9.75. The van der Waals surface area contributed by atoms with Gasteiger partial charge in [-0.1, -0.05) is 42.3 Å². The molecule has 1 saturated carbocycles. The summed E-state index contributed by atoms with van der Waals surface area (Å²) in [6.45, 7) is 2.61. The van der Waals surface area contributed by atoms with Gasteiger partial charge < -0.3 is 15.2 Å². The summed E-state index contributed by atoms with van der Waals surface area (Å²) in [6, 6.07) is 13.6. The van der Waals surface area contributed by atoms with Crippen molar-refractivity contribution in [2.75, 3.05) is 13.7 Å². The maximum absolute atomic E-state index is 13.0. The minimum Gasteiger partial charge on any atom is -0.509 e. The van der Waals surface area contributed by atoms with Gasteiger partial charge in [-0.25, -0.2) is 0 Å². The summed E-state index contributed by atoms with van der Waals surface area (Å²) in [5.74, 6) is 0.314. The van der Waals surface area contributed by atoms with Crippen LogP contribution in [0, 0.1) is 12.8 Å². The number of hydrogen-bond acceptors (Lipinski definition) is 3. The van der Waals surface area contributed by atoms with Crippen molar-refractivity contribution in [1.29, 1.82) is 0 Å². The van der Waals surface area contributed by atoms with Crippen molar-refractivity contribution in [2.24, 2.45) is 5.92 Å². The first-order chi connectivity index (χ1) is 13.9. The molecule has 0 aromatic heterocycles. The van der Waals surface area contributed by atoms with E-state index in [2.05, 4.69) is 5.32 Å². The van der Waals surface area contributed by atoms with E-state index < -0.39 is 5.54 Å². The van der Waals surface area contributed by atoms with Crippen LogP contribution in [0.15, 0.2) is 48.2 Å². The number of nitrogens with one attached hydrogen (secondary N) is 1. The predicted octanol–water partition coefficient (Wildman–Crippen LogP) is 5.29. The monoisotopic (exact) mass is 411 g/mol. The Hall–Kier alpha value is -2.30. The second-order valence-electron chi connectivity index (χ2n) is 8.21. The van der Waals surface area contributed by atoms with Gasteiger partial charge in [0.05, 0.1) is 11.1 Å². The van der Waals surface area contributed by atoms with Crippen molar-refractivity contribution < 1.29 is 14.6 Å². The number of hydrogen-bond donors (Lipinski definition) is 2. The van der Waals surface area contributed by atoms with E-state index in [4.69, 9.17) is 16.3 Å². The fraction of sp³-hybridized carbons (Fsp3) is 0.375. The molecular formula is C24H26ClNO3. The van der Waals surface area contributed by atoms with Gasteiger partial charge in [-0.15, -0.1) is 0 Å². The summed E-state index contributed by atoms with van der Waals surface area (Å²) >= 11 is 6.01. The molecule has 4 nitrogen and oxygen atoms in total.